The van der Waals surface area contributed by atoms with Crippen molar-refractivity contribution >= 4 is 6.03 Å². The molecule has 0 aliphatic carbocycles. The Hall–Kier alpha value is -0.770. The van der Waals surface area contributed by atoms with Crippen molar-refractivity contribution < 1.29 is 9.63 Å². The molecule has 0 aromatic carbocycles. The van der Waals surface area contributed by atoms with E-state index in [4.69, 9.17) is 4.84 Å². The van der Waals surface area contributed by atoms with Gasteiger partial charge in [-0.3, -0.25) is 4.84 Å². The van der Waals surface area contributed by atoms with Gasteiger partial charge in [0.2, 0.25) is 0 Å². The van der Waals surface area contributed by atoms with E-state index in [0.29, 0.717) is 6.61 Å². The molecule has 0 spiro atoms. The van der Waals surface area contributed by atoms with E-state index in [2.05, 4.69) is 0 Å². The van der Waals surface area contributed by atoms with Gasteiger partial charge in [0, 0.05) is 13.1 Å². The predicted molar refractivity (Wildman–Crippen MR) is 48.1 cm³/mol. The minimum absolute atomic E-state index is 0.0669. The molecule has 4 nitrogen and oxygen atoms in total. The Labute approximate surface area is 78.4 Å². The Bertz CT molecular complexity index is 184. The number of rotatable bonds is 0. The maximum Gasteiger partial charge on any atom is 0.343 e. The Morgan fingerprint density at radius 1 is 1.00 bits per heavy atom. The summed E-state index contributed by atoms with van der Waals surface area (Å²) in [5, 5.41) is 1.51. The average molecular weight is 184 g/mol. The highest BCUT2D eigenvalue weighted by molar-refractivity contribution is 5.73. The van der Waals surface area contributed by atoms with Crippen LogP contribution in [0, 0.1) is 0 Å². The van der Waals surface area contributed by atoms with Gasteiger partial charge in [-0.25, -0.2) is 9.86 Å². The topological polar surface area (TPSA) is 32.8 Å². The van der Waals surface area contributed by atoms with E-state index in [0.717, 1.165) is 38.9 Å². The minimum atomic E-state index is 0.0669. The normalized spacial score (nSPS) is 23.7. The number of hydrogen-bond donors (Lipinski definition) is 0. The van der Waals surface area contributed by atoms with E-state index in [1.807, 2.05) is 4.90 Å². The fourth-order valence-electron chi connectivity index (χ4n) is 1.84. The molecule has 2 aliphatic rings. The van der Waals surface area contributed by atoms with Crippen molar-refractivity contribution in [2.75, 3.05) is 26.2 Å². The van der Waals surface area contributed by atoms with Gasteiger partial charge in [-0.05, 0) is 25.7 Å². The molecule has 2 heterocycles. The number of piperidine rings is 1. The van der Waals surface area contributed by atoms with Crippen molar-refractivity contribution in [1.82, 2.24) is 9.96 Å². The first kappa shape index (κ1) is 8.81. The lowest BCUT2D eigenvalue weighted by Crippen LogP contribution is -2.43. The van der Waals surface area contributed by atoms with Gasteiger partial charge in [0.05, 0.1) is 13.2 Å². The number of nitrogens with zero attached hydrogens (tertiary/aromatic N) is 2. The van der Waals surface area contributed by atoms with E-state index in [1.165, 1.54) is 11.5 Å². The molecule has 2 amide bonds. The van der Waals surface area contributed by atoms with Crippen LogP contribution < -0.4 is 0 Å². The predicted octanol–water partition coefficient (Wildman–Crippen LogP) is 1.23. The van der Waals surface area contributed by atoms with Crippen molar-refractivity contribution in [3.63, 3.8) is 0 Å². The lowest BCUT2D eigenvalue weighted by Gasteiger charge is -2.29. The van der Waals surface area contributed by atoms with Crippen LogP contribution in [0.3, 0.4) is 0 Å². The molecule has 0 saturated carbocycles. The first-order valence-corrected chi connectivity index (χ1v) is 5.07. The number of carbonyl (C=O) groups is 1. The molecule has 2 rings (SSSR count). The van der Waals surface area contributed by atoms with E-state index < -0.39 is 0 Å². The molecule has 0 radical (unpaired) electrons. The molecule has 74 valence electrons. The van der Waals surface area contributed by atoms with Crippen molar-refractivity contribution in [1.29, 1.82) is 0 Å². The summed E-state index contributed by atoms with van der Waals surface area (Å²) in [6, 6.07) is 0.0669. The first-order valence-electron chi connectivity index (χ1n) is 5.07. The second-order valence-corrected chi connectivity index (χ2v) is 3.62. The van der Waals surface area contributed by atoms with Gasteiger partial charge in [0.1, 0.15) is 0 Å². The molecule has 2 aliphatic heterocycles. The summed E-state index contributed by atoms with van der Waals surface area (Å²) >= 11 is 0. The lowest BCUT2D eigenvalue weighted by molar-refractivity contribution is -0.0781. The average Bonchev–Trinajstić information content (AvgIpc) is 2.71. The fourth-order valence-corrected chi connectivity index (χ4v) is 1.84. The number of carbonyl (C=O) groups excluding carboxylic acids is 1. The third kappa shape index (κ3) is 1.94. The summed E-state index contributed by atoms with van der Waals surface area (Å²) in [5.74, 6) is 0. The molecule has 4 heteroatoms. The van der Waals surface area contributed by atoms with E-state index >= 15 is 0 Å². The second-order valence-electron chi connectivity index (χ2n) is 3.62. The van der Waals surface area contributed by atoms with Crippen molar-refractivity contribution in [3.8, 4) is 0 Å². The SMILES string of the molecule is O=C(N1CCCCC1)N1CCCO1. The van der Waals surface area contributed by atoms with Crippen LogP contribution in [0.5, 0.6) is 0 Å². The number of amides is 2. The van der Waals surface area contributed by atoms with Crippen LogP contribution in [-0.4, -0.2) is 42.2 Å². The van der Waals surface area contributed by atoms with Gasteiger partial charge in [0.25, 0.3) is 0 Å². The number of likely N-dealkylation sites (tertiary alicyclic amines) is 1. The standard InChI is InChI=1S/C9H16N2O2/c12-9(11-7-4-8-13-11)10-5-2-1-3-6-10/h1-8H2. The summed E-state index contributed by atoms with van der Waals surface area (Å²) in [6.07, 6.45) is 4.50. The van der Waals surface area contributed by atoms with Crippen molar-refractivity contribution in [2.45, 2.75) is 25.7 Å². The smallest absolute Gasteiger partial charge is 0.323 e. The molecule has 0 atom stereocenters. The van der Waals surface area contributed by atoms with Crippen LogP contribution in [0.25, 0.3) is 0 Å². The summed E-state index contributed by atoms with van der Waals surface area (Å²) in [4.78, 5) is 18.8. The van der Waals surface area contributed by atoms with Gasteiger partial charge in [0.15, 0.2) is 0 Å². The third-order valence-electron chi connectivity index (χ3n) is 2.59. The summed E-state index contributed by atoms with van der Waals surface area (Å²) < 4.78 is 0. The zero-order valence-electron chi connectivity index (χ0n) is 7.87. The molecule has 0 N–H and O–H groups in total. The molecule has 0 aromatic heterocycles. The second kappa shape index (κ2) is 3.96. The Morgan fingerprint density at radius 3 is 2.38 bits per heavy atom. The maximum absolute atomic E-state index is 11.7. The quantitative estimate of drug-likeness (QED) is 0.567. The highest BCUT2D eigenvalue weighted by Crippen LogP contribution is 2.13. The molecule has 0 unspecified atom stereocenters. The van der Waals surface area contributed by atoms with E-state index in [9.17, 15) is 4.79 Å². The van der Waals surface area contributed by atoms with E-state index in [1.54, 1.807) is 0 Å². The molecular formula is C9H16N2O2. The third-order valence-corrected chi connectivity index (χ3v) is 2.59. The van der Waals surface area contributed by atoms with Crippen LogP contribution in [0.2, 0.25) is 0 Å². The minimum Gasteiger partial charge on any atom is -0.323 e. The molecular weight excluding hydrogens is 168 g/mol. The highest BCUT2D eigenvalue weighted by Gasteiger charge is 2.25. The van der Waals surface area contributed by atoms with Gasteiger partial charge in [-0.15, -0.1) is 0 Å². The van der Waals surface area contributed by atoms with Crippen LogP contribution in [0.4, 0.5) is 4.79 Å². The van der Waals surface area contributed by atoms with Gasteiger partial charge < -0.3 is 4.90 Å². The largest absolute Gasteiger partial charge is 0.343 e. The highest BCUT2D eigenvalue weighted by atomic mass is 16.7. The molecule has 0 bridgehead atoms. The van der Waals surface area contributed by atoms with E-state index in [-0.39, 0.29) is 6.03 Å². The van der Waals surface area contributed by atoms with Crippen molar-refractivity contribution in [3.05, 3.63) is 0 Å². The first-order chi connectivity index (χ1) is 6.38. The molecule has 2 fully saturated rings. The van der Waals surface area contributed by atoms with Crippen molar-refractivity contribution in [2.24, 2.45) is 0 Å². The zero-order chi connectivity index (χ0) is 9.10. The summed E-state index contributed by atoms with van der Waals surface area (Å²) in [7, 11) is 0. The Kier molecular flexibility index (Phi) is 2.68. The maximum atomic E-state index is 11.7. The number of urea groups is 1. The molecule has 0 aromatic rings. The summed E-state index contributed by atoms with van der Waals surface area (Å²) in [5.41, 5.74) is 0. The number of hydrogen-bond acceptors (Lipinski definition) is 2. The monoisotopic (exact) mass is 184 g/mol. The Morgan fingerprint density at radius 2 is 1.77 bits per heavy atom. The van der Waals surface area contributed by atoms with Gasteiger partial charge in [-0.2, -0.15) is 0 Å². The van der Waals surface area contributed by atoms with Gasteiger partial charge in [-0.1, -0.05) is 0 Å². The van der Waals surface area contributed by atoms with Crippen LogP contribution in [-0.2, 0) is 4.84 Å². The Balaban J connectivity index is 1.87. The van der Waals surface area contributed by atoms with Gasteiger partial charge >= 0.3 is 6.03 Å². The number of hydroxylamine groups is 2. The fraction of sp³-hybridized carbons (Fsp3) is 0.889. The zero-order valence-corrected chi connectivity index (χ0v) is 7.87. The van der Waals surface area contributed by atoms with Crippen LogP contribution >= 0.6 is 0 Å². The van der Waals surface area contributed by atoms with Crippen LogP contribution in [0.1, 0.15) is 25.7 Å². The molecule has 2 saturated heterocycles. The lowest BCUT2D eigenvalue weighted by atomic mass is 10.1. The summed E-state index contributed by atoms with van der Waals surface area (Å²) in [6.45, 7) is 3.26. The van der Waals surface area contributed by atoms with Crippen LogP contribution in [0.15, 0.2) is 0 Å². The molecule has 13 heavy (non-hydrogen) atoms.